The molecule has 0 aromatic heterocycles. The van der Waals surface area contributed by atoms with E-state index in [4.69, 9.17) is 0 Å². The third kappa shape index (κ3) is 31.1. The van der Waals surface area contributed by atoms with Crippen molar-refractivity contribution in [3.63, 3.8) is 0 Å². The second-order valence-electron chi connectivity index (χ2n) is 13.6. The lowest BCUT2D eigenvalue weighted by atomic mass is 10.0. The minimum Gasteiger partial charge on any atom is -0.394 e. The summed E-state index contributed by atoms with van der Waals surface area (Å²) >= 11 is 0. The highest BCUT2D eigenvalue weighted by molar-refractivity contribution is 5.76. The van der Waals surface area contributed by atoms with Crippen LogP contribution in [0.5, 0.6) is 0 Å². The molecule has 1 amide bonds. The van der Waals surface area contributed by atoms with Gasteiger partial charge in [-0.05, 0) is 12.8 Å². The predicted octanol–water partition coefficient (Wildman–Crippen LogP) is 10.3. The summed E-state index contributed by atoms with van der Waals surface area (Å²) in [5.74, 6) is -0.281. The lowest BCUT2D eigenvalue weighted by Crippen LogP contribution is -2.46. The van der Waals surface area contributed by atoms with E-state index in [2.05, 4.69) is 19.2 Å². The molecular formula is C38H77NO4. The second kappa shape index (κ2) is 34.2. The summed E-state index contributed by atoms with van der Waals surface area (Å²) < 4.78 is 0. The Kier molecular flexibility index (Phi) is 33.7. The zero-order chi connectivity index (χ0) is 31.6. The lowest BCUT2D eigenvalue weighted by Gasteiger charge is -2.23. The molecule has 258 valence electrons. The van der Waals surface area contributed by atoms with Gasteiger partial charge in [0.05, 0.1) is 31.3 Å². The summed E-state index contributed by atoms with van der Waals surface area (Å²) in [6.45, 7) is 4.25. The van der Waals surface area contributed by atoms with E-state index in [1.54, 1.807) is 0 Å². The molecule has 0 aromatic carbocycles. The summed E-state index contributed by atoms with van der Waals surface area (Å²) in [5, 5.41) is 33.2. The van der Waals surface area contributed by atoms with Crippen LogP contribution in [0.3, 0.4) is 0 Å². The summed E-state index contributed by atoms with van der Waals surface area (Å²) in [5.41, 5.74) is 0. The van der Waals surface area contributed by atoms with Crippen molar-refractivity contribution in [2.75, 3.05) is 6.61 Å². The van der Waals surface area contributed by atoms with E-state index >= 15 is 0 Å². The van der Waals surface area contributed by atoms with Gasteiger partial charge in [-0.1, -0.05) is 194 Å². The van der Waals surface area contributed by atoms with Gasteiger partial charge in [-0.25, -0.2) is 0 Å². The molecule has 0 aliphatic rings. The standard InChI is InChI=1S/C38H77NO4/c1-3-5-7-9-11-13-15-16-17-18-19-20-22-24-26-28-30-32-37(42)36(34-40)39-38(43)33-35(41)31-29-27-25-23-21-14-12-10-8-6-4-2/h35-37,40-42H,3-34H2,1-2H3,(H,39,43). The van der Waals surface area contributed by atoms with Gasteiger partial charge in [0.2, 0.25) is 5.91 Å². The van der Waals surface area contributed by atoms with Crippen LogP contribution in [0.4, 0.5) is 0 Å². The van der Waals surface area contributed by atoms with Gasteiger partial charge in [0.15, 0.2) is 0 Å². The van der Waals surface area contributed by atoms with Crippen molar-refractivity contribution < 1.29 is 20.1 Å². The summed E-state index contributed by atoms with van der Waals surface area (Å²) in [4.78, 5) is 12.4. The molecule has 0 rings (SSSR count). The molecule has 3 atom stereocenters. The second-order valence-corrected chi connectivity index (χ2v) is 13.6. The number of amides is 1. The molecule has 0 fully saturated rings. The molecule has 0 saturated heterocycles. The maximum atomic E-state index is 12.4. The van der Waals surface area contributed by atoms with E-state index < -0.39 is 18.2 Å². The molecular weight excluding hydrogens is 534 g/mol. The van der Waals surface area contributed by atoms with Crippen molar-refractivity contribution >= 4 is 5.91 Å². The molecule has 0 spiro atoms. The van der Waals surface area contributed by atoms with Crippen LogP contribution in [0.15, 0.2) is 0 Å². The summed E-state index contributed by atoms with van der Waals surface area (Å²) in [6, 6.07) is -0.650. The maximum absolute atomic E-state index is 12.4. The van der Waals surface area contributed by atoms with Crippen LogP contribution in [-0.4, -0.2) is 46.1 Å². The topological polar surface area (TPSA) is 89.8 Å². The largest absolute Gasteiger partial charge is 0.394 e. The SMILES string of the molecule is CCCCCCCCCCCCCCCCCCCC(O)C(CO)NC(=O)CC(O)CCCCCCCCCCCCC. The number of aliphatic hydroxyl groups is 3. The van der Waals surface area contributed by atoms with E-state index in [9.17, 15) is 20.1 Å². The average Bonchev–Trinajstić information content (AvgIpc) is 3.00. The number of nitrogens with one attached hydrogen (secondary N) is 1. The Bertz CT molecular complexity index is 558. The Labute approximate surface area is 268 Å². The molecule has 0 heterocycles. The predicted molar refractivity (Wildman–Crippen MR) is 186 cm³/mol. The molecule has 0 saturated carbocycles. The molecule has 5 nitrogen and oxygen atoms in total. The number of rotatable bonds is 35. The first-order chi connectivity index (χ1) is 21.0. The zero-order valence-electron chi connectivity index (χ0n) is 29.1. The smallest absolute Gasteiger partial charge is 0.222 e. The highest BCUT2D eigenvalue weighted by Crippen LogP contribution is 2.16. The highest BCUT2D eigenvalue weighted by Gasteiger charge is 2.21. The Hall–Kier alpha value is -0.650. The van der Waals surface area contributed by atoms with Crippen LogP contribution < -0.4 is 5.32 Å². The number of hydrogen-bond acceptors (Lipinski definition) is 4. The van der Waals surface area contributed by atoms with Crippen LogP contribution in [0.1, 0.15) is 213 Å². The number of carbonyl (C=O) groups excluding carboxylic acids is 1. The Balaban J connectivity index is 3.62. The number of aliphatic hydroxyl groups excluding tert-OH is 3. The van der Waals surface area contributed by atoms with Crippen LogP contribution >= 0.6 is 0 Å². The monoisotopic (exact) mass is 612 g/mol. The minimum atomic E-state index is -0.742. The molecule has 0 bridgehead atoms. The summed E-state index contributed by atoms with van der Waals surface area (Å²) in [7, 11) is 0. The van der Waals surface area contributed by atoms with Gasteiger partial charge in [0.1, 0.15) is 0 Å². The van der Waals surface area contributed by atoms with E-state index in [1.807, 2.05) is 0 Å². The molecule has 5 heteroatoms. The van der Waals surface area contributed by atoms with Gasteiger partial charge < -0.3 is 20.6 Å². The Morgan fingerprint density at radius 1 is 0.488 bits per heavy atom. The molecule has 0 aromatic rings. The normalized spacial score (nSPS) is 13.7. The van der Waals surface area contributed by atoms with E-state index in [0.29, 0.717) is 12.8 Å². The molecule has 0 aliphatic carbocycles. The lowest BCUT2D eigenvalue weighted by molar-refractivity contribution is -0.125. The number of hydrogen-bond donors (Lipinski definition) is 4. The quantitative estimate of drug-likeness (QED) is 0.0537. The first kappa shape index (κ1) is 42.3. The summed E-state index contributed by atoms with van der Waals surface area (Å²) in [6.07, 6.45) is 36.3. The minimum absolute atomic E-state index is 0.0418. The third-order valence-corrected chi connectivity index (χ3v) is 9.17. The maximum Gasteiger partial charge on any atom is 0.222 e. The van der Waals surface area contributed by atoms with Crippen molar-refractivity contribution in [3.05, 3.63) is 0 Å². The molecule has 0 aliphatic heterocycles. The zero-order valence-corrected chi connectivity index (χ0v) is 29.1. The number of unbranched alkanes of at least 4 members (excludes halogenated alkanes) is 26. The van der Waals surface area contributed by atoms with Gasteiger partial charge in [-0.2, -0.15) is 0 Å². The fourth-order valence-electron chi connectivity index (χ4n) is 6.17. The first-order valence-corrected chi connectivity index (χ1v) is 19.3. The van der Waals surface area contributed by atoms with E-state index in [1.165, 1.54) is 154 Å². The van der Waals surface area contributed by atoms with E-state index in [-0.39, 0.29) is 18.9 Å². The van der Waals surface area contributed by atoms with Crippen LogP contribution in [0, 0.1) is 0 Å². The van der Waals surface area contributed by atoms with Gasteiger partial charge in [0.25, 0.3) is 0 Å². The van der Waals surface area contributed by atoms with Crippen molar-refractivity contribution in [2.24, 2.45) is 0 Å². The molecule has 4 N–H and O–H groups in total. The highest BCUT2D eigenvalue weighted by atomic mass is 16.3. The van der Waals surface area contributed by atoms with Crippen molar-refractivity contribution in [3.8, 4) is 0 Å². The van der Waals surface area contributed by atoms with Gasteiger partial charge >= 0.3 is 0 Å². The average molecular weight is 612 g/mol. The van der Waals surface area contributed by atoms with Crippen molar-refractivity contribution in [2.45, 2.75) is 231 Å². The fraction of sp³-hybridized carbons (Fsp3) is 0.974. The Morgan fingerprint density at radius 3 is 1.12 bits per heavy atom. The molecule has 43 heavy (non-hydrogen) atoms. The number of carbonyl (C=O) groups is 1. The van der Waals surface area contributed by atoms with Crippen molar-refractivity contribution in [1.29, 1.82) is 0 Å². The molecule has 3 unspecified atom stereocenters. The van der Waals surface area contributed by atoms with Crippen LogP contribution in [0.25, 0.3) is 0 Å². The third-order valence-electron chi connectivity index (χ3n) is 9.17. The van der Waals surface area contributed by atoms with Crippen LogP contribution in [-0.2, 0) is 4.79 Å². The van der Waals surface area contributed by atoms with Gasteiger partial charge in [-0.15, -0.1) is 0 Å². The van der Waals surface area contributed by atoms with Crippen LogP contribution in [0.2, 0.25) is 0 Å². The van der Waals surface area contributed by atoms with Gasteiger partial charge in [0, 0.05) is 0 Å². The van der Waals surface area contributed by atoms with Crippen molar-refractivity contribution in [1.82, 2.24) is 5.32 Å². The van der Waals surface area contributed by atoms with E-state index in [0.717, 1.165) is 25.7 Å². The molecule has 0 radical (unpaired) electrons. The Morgan fingerprint density at radius 2 is 0.791 bits per heavy atom. The first-order valence-electron chi connectivity index (χ1n) is 19.3. The fourth-order valence-corrected chi connectivity index (χ4v) is 6.17. The van der Waals surface area contributed by atoms with Gasteiger partial charge in [-0.3, -0.25) is 4.79 Å².